The molecule has 0 amide bonds. The minimum Gasteiger partial charge on any atom is -0.302 e. The lowest BCUT2D eigenvalue weighted by Crippen LogP contribution is -2.41. The second-order valence-electron chi connectivity index (χ2n) is 5.13. The second-order valence-corrected chi connectivity index (χ2v) is 5.13. The molecule has 0 bridgehead atoms. The van der Waals surface area contributed by atoms with Crippen LogP contribution < -0.4 is 5.32 Å². The lowest BCUT2D eigenvalue weighted by atomic mass is 9.87. The van der Waals surface area contributed by atoms with Crippen LogP contribution >= 0.6 is 0 Å². The summed E-state index contributed by atoms with van der Waals surface area (Å²) in [6.07, 6.45) is 13.9. The van der Waals surface area contributed by atoms with Crippen LogP contribution in [0.4, 0.5) is 0 Å². The number of nitrogens with zero attached hydrogens (tertiary/aromatic N) is 1. The molecule has 0 aromatic carbocycles. The van der Waals surface area contributed by atoms with Crippen LogP contribution in [0.2, 0.25) is 0 Å². The molecule has 1 aliphatic rings. The average Bonchev–Trinajstić information content (AvgIpc) is 2.31. The molecular weight excluding hydrogens is 196 g/mol. The SMILES string of the molecule is CNC1(C#N)CCCCCCCCCCC1. The van der Waals surface area contributed by atoms with E-state index < -0.39 is 0 Å². The first-order chi connectivity index (χ1) is 7.83. The molecule has 1 N–H and O–H groups in total. The van der Waals surface area contributed by atoms with E-state index in [2.05, 4.69) is 11.4 Å². The molecule has 0 heterocycles. The van der Waals surface area contributed by atoms with Gasteiger partial charge in [0.1, 0.15) is 5.54 Å². The maximum absolute atomic E-state index is 9.33. The molecule has 0 spiro atoms. The van der Waals surface area contributed by atoms with E-state index in [1.165, 1.54) is 57.8 Å². The zero-order chi connectivity index (χ0) is 11.7. The Labute approximate surface area is 100 Å². The van der Waals surface area contributed by atoms with Crippen LogP contribution in [0.3, 0.4) is 0 Å². The summed E-state index contributed by atoms with van der Waals surface area (Å²) in [5.41, 5.74) is -0.237. The Kier molecular flexibility index (Phi) is 6.49. The number of nitrogens with one attached hydrogen (secondary N) is 1. The van der Waals surface area contributed by atoms with Crippen molar-refractivity contribution in [2.24, 2.45) is 0 Å². The maximum Gasteiger partial charge on any atom is 0.106 e. The molecule has 0 aromatic rings. The molecule has 0 aliphatic heterocycles. The van der Waals surface area contributed by atoms with Crippen LogP contribution in [0.1, 0.15) is 70.6 Å². The van der Waals surface area contributed by atoms with Crippen molar-refractivity contribution in [1.29, 1.82) is 5.26 Å². The van der Waals surface area contributed by atoms with Gasteiger partial charge in [0.05, 0.1) is 6.07 Å². The van der Waals surface area contributed by atoms with E-state index in [1.54, 1.807) is 0 Å². The van der Waals surface area contributed by atoms with Crippen molar-refractivity contribution in [3.05, 3.63) is 0 Å². The fourth-order valence-corrected chi connectivity index (χ4v) is 2.63. The van der Waals surface area contributed by atoms with E-state index >= 15 is 0 Å². The van der Waals surface area contributed by atoms with Crippen LogP contribution in [0.5, 0.6) is 0 Å². The van der Waals surface area contributed by atoms with Crippen molar-refractivity contribution in [3.8, 4) is 6.07 Å². The van der Waals surface area contributed by atoms with Crippen LogP contribution in [0.15, 0.2) is 0 Å². The maximum atomic E-state index is 9.33. The third-order valence-corrected chi connectivity index (χ3v) is 3.90. The summed E-state index contributed by atoms with van der Waals surface area (Å²) in [6.45, 7) is 0. The summed E-state index contributed by atoms with van der Waals surface area (Å²) in [5.74, 6) is 0. The molecule has 1 fully saturated rings. The molecule has 0 unspecified atom stereocenters. The van der Waals surface area contributed by atoms with Crippen LogP contribution in [0, 0.1) is 11.3 Å². The summed E-state index contributed by atoms with van der Waals surface area (Å²) in [6, 6.07) is 2.51. The molecule has 1 aliphatic carbocycles. The van der Waals surface area contributed by atoms with Gasteiger partial charge in [0.15, 0.2) is 0 Å². The van der Waals surface area contributed by atoms with E-state index in [-0.39, 0.29) is 5.54 Å². The van der Waals surface area contributed by atoms with Crippen molar-refractivity contribution < 1.29 is 0 Å². The number of hydrogen-bond donors (Lipinski definition) is 1. The predicted molar refractivity (Wildman–Crippen MR) is 68.2 cm³/mol. The largest absolute Gasteiger partial charge is 0.302 e. The molecule has 0 aromatic heterocycles. The third-order valence-electron chi connectivity index (χ3n) is 3.90. The Morgan fingerprint density at radius 1 is 0.812 bits per heavy atom. The smallest absolute Gasteiger partial charge is 0.106 e. The van der Waals surface area contributed by atoms with Crippen molar-refractivity contribution in [2.45, 2.75) is 76.2 Å². The molecule has 1 rings (SSSR count). The highest BCUT2D eigenvalue weighted by Crippen LogP contribution is 2.23. The Hall–Kier alpha value is -0.550. The summed E-state index contributed by atoms with van der Waals surface area (Å²) in [5, 5.41) is 12.6. The van der Waals surface area contributed by atoms with Crippen molar-refractivity contribution in [2.75, 3.05) is 7.05 Å². The Morgan fingerprint density at radius 2 is 1.19 bits per heavy atom. The molecule has 0 saturated heterocycles. The molecule has 92 valence electrons. The number of hydrogen-bond acceptors (Lipinski definition) is 2. The summed E-state index contributed by atoms with van der Waals surface area (Å²) < 4.78 is 0. The predicted octanol–water partition coefficient (Wildman–Crippen LogP) is 3.77. The van der Waals surface area contributed by atoms with Gasteiger partial charge in [-0.3, -0.25) is 0 Å². The van der Waals surface area contributed by atoms with Gasteiger partial charge in [0, 0.05) is 0 Å². The van der Waals surface area contributed by atoms with E-state index in [0.29, 0.717) is 0 Å². The summed E-state index contributed by atoms with van der Waals surface area (Å²) in [4.78, 5) is 0. The van der Waals surface area contributed by atoms with Gasteiger partial charge < -0.3 is 5.32 Å². The molecule has 2 heteroatoms. The lowest BCUT2D eigenvalue weighted by Gasteiger charge is -2.26. The molecule has 16 heavy (non-hydrogen) atoms. The zero-order valence-electron chi connectivity index (χ0n) is 10.7. The molecular formula is C14H26N2. The van der Waals surface area contributed by atoms with Gasteiger partial charge in [0.25, 0.3) is 0 Å². The van der Waals surface area contributed by atoms with Gasteiger partial charge in [0.2, 0.25) is 0 Å². The Balaban J connectivity index is 2.45. The van der Waals surface area contributed by atoms with Gasteiger partial charge in [-0.05, 0) is 19.9 Å². The normalized spacial score (nSPS) is 23.8. The van der Waals surface area contributed by atoms with Crippen molar-refractivity contribution in [3.63, 3.8) is 0 Å². The van der Waals surface area contributed by atoms with Crippen molar-refractivity contribution in [1.82, 2.24) is 5.32 Å². The molecule has 1 saturated carbocycles. The summed E-state index contributed by atoms with van der Waals surface area (Å²) >= 11 is 0. The monoisotopic (exact) mass is 222 g/mol. The third kappa shape index (κ3) is 4.53. The van der Waals surface area contributed by atoms with Gasteiger partial charge in [-0.1, -0.05) is 57.8 Å². The first-order valence-electron chi connectivity index (χ1n) is 6.93. The standard InChI is InChI=1S/C14H26N2/c1-16-14(13-15)11-9-7-5-3-2-4-6-8-10-12-14/h16H,2-12H2,1H3. The van der Waals surface area contributed by atoms with Crippen LogP contribution in [-0.2, 0) is 0 Å². The van der Waals surface area contributed by atoms with Gasteiger partial charge in [-0.15, -0.1) is 0 Å². The van der Waals surface area contributed by atoms with Gasteiger partial charge in [-0.2, -0.15) is 5.26 Å². The van der Waals surface area contributed by atoms with Crippen LogP contribution in [-0.4, -0.2) is 12.6 Å². The Morgan fingerprint density at radius 3 is 1.50 bits per heavy atom. The van der Waals surface area contributed by atoms with E-state index in [1.807, 2.05) is 7.05 Å². The Bertz CT molecular complexity index is 205. The summed E-state index contributed by atoms with van der Waals surface area (Å²) in [7, 11) is 1.94. The fraction of sp³-hybridized carbons (Fsp3) is 0.929. The second kappa shape index (κ2) is 7.68. The highest BCUT2D eigenvalue weighted by atomic mass is 14.9. The topological polar surface area (TPSA) is 35.8 Å². The quantitative estimate of drug-likeness (QED) is 0.733. The van der Waals surface area contributed by atoms with E-state index in [4.69, 9.17) is 0 Å². The zero-order valence-corrected chi connectivity index (χ0v) is 10.7. The molecule has 0 atom stereocenters. The highest BCUT2D eigenvalue weighted by molar-refractivity contribution is 5.06. The minimum absolute atomic E-state index is 0.237. The van der Waals surface area contributed by atoms with Gasteiger partial charge in [-0.25, -0.2) is 0 Å². The molecule has 0 radical (unpaired) electrons. The number of nitriles is 1. The number of rotatable bonds is 1. The van der Waals surface area contributed by atoms with E-state index in [9.17, 15) is 5.26 Å². The average molecular weight is 222 g/mol. The minimum atomic E-state index is -0.237. The first kappa shape index (κ1) is 13.5. The molecule has 2 nitrogen and oxygen atoms in total. The van der Waals surface area contributed by atoms with Crippen molar-refractivity contribution >= 4 is 0 Å². The lowest BCUT2D eigenvalue weighted by molar-refractivity contribution is 0.350. The van der Waals surface area contributed by atoms with Gasteiger partial charge >= 0.3 is 0 Å². The highest BCUT2D eigenvalue weighted by Gasteiger charge is 2.26. The van der Waals surface area contributed by atoms with E-state index in [0.717, 1.165) is 12.8 Å². The first-order valence-corrected chi connectivity index (χ1v) is 6.93. The fourth-order valence-electron chi connectivity index (χ4n) is 2.63. The van der Waals surface area contributed by atoms with Crippen LogP contribution in [0.25, 0.3) is 0 Å².